The molecule has 0 fully saturated rings. The first-order chi connectivity index (χ1) is 9.78. The third kappa shape index (κ3) is 2.45. The molecular weight excluding hydrogens is 274 g/mol. The summed E-state index contributed by atoms with van der Waals surface area (Å²) in [5.74, 6) is -0.229. The second kappa shape index (κ2) is 5.47. The fraction of sp³-hybridized carbons (Fsp3) is 0.357. The van der Waals surface area contributed by atoms with Crippen LogP contribution in [0.5, 0.6) is 0 Å². The fourth-order valence-corrected chi connectivity index (χ4v) is 3.34. The first-order valence-corrected chi connectivity index (χ1v) is 7.34. The standard InChI is InChI=1S/C14H13N3O2S/c15-6-10-4-5-11(17-10)14(18)19-7-9-2-1-3-12-13(9)16-8-20-12/h4-5,8-9,17H,1-3,7H2. The number of H-pyrrole nitrogens is 1. The van der Waals surface area contributed by atoms with Crippen LogP contribution in [0.15, 0.2) is 17.6 Å². The maximum absolute atomic E-state index is 11.9. The minimum atomic E-state index is -0.422. The molecule has 1 aliphatic carbocycles. The molecular formula is C14H13N3O2S. The largest absolute Gasteiger partial charge is 0.460 e. The second-order valence-electron chi connectivity index (χ2n) is 4.75. The number of nitrogens with one attached hydrogen (secondary N) is 1. The van der Waals surface area contributed by atoms with E-state index in [1.165, 1.54) is 4.88 Å². The highest BCUT2D eigenvalue weighted by atomic mass is 32.1. The number of aromatic nitrogens is 2. The summed E-state index contributed by atoms with van der Waals surface area (Å²) in [6.07, 6.45) is 3.18. The number of nitrogens with zero attached hydrogens (tertiary/aromatic N) is 2. The normalized spacial score (nSPS) is 17.2. The Morgan fingerprint density at radius 3 is 3.30 bits per heavy atom. The van der Waals surface area contributed by atoms with Crippen LogP contribution >= 0.6 is 11.3 Å². The summed E-state index contributed by atoms with van der Waals surface area (Å²) >= 11 is 1.67. The molecule has 1 N–H and O–H groups in total. The lowest BCUT2D eigenvalue weighted by Crippen LogP contribution is -2.17. The van der Waals surface area contributed by atoms with E-state index < -0.39 is 5.97 Å². The summed E-state index contributed by atoms with van der Waals surface area (Å²) < 4.78 is 5.34. The highest BCUT2D eigenvalue weighted by molar-refractivity contribution is 7.09. The number of aromatic amines is 1. The van der Waals surface area contributed by atoms with Crippen molar-refractivity contribution < 1.29 is 9.53 Å². The van der Waals surface area contributed by atoms with E-state index >= 15 is 0 Å². The Morgan fingerprint density at radius 2 is 2.50 bits per heavy atom. The third-order valence-corrected chi connectivity index (χ3v) is 4.37. The van der Waals surface area contributed by atoms with Crippen LogP contribution < -0.4 is 0 Å². The van der Waals surface area contributed by atoms with Crippen molar-refractivity contribution in [2.45, 2.75) is 25.2 Å². The van der Waals surface area contributed by atoms with Gasteiger partial charge in [-0.3, -0.25) is 0 Å². The monoisotopic (exact) mass is 287 g/mol. The van der Waals surface area contributed by atoms with Crippen LogP contribution in [0.3, 0.4) is 0 Å². The van der Waals surface area contributed by atoms with Crippen molar-refractivity contribution in [2.24, 2.45) is 0 Å². The lowest BCUT2D eigenvalue weighted by Gasteiger charge is -2.20. The number of hydrogen-bond acceptors (Lipinski definition) is 5. The molecule has 0 saturated carbocycles. The molecule has 0 spiro atoms. The molecule has 2 aromatic heterocycles. The number of thiazole rings is 1. The van der Waals surface area contributed by atoms with Crippen LogP contribution in [-0.4, -0.2) is 22.5 Å². The average molecular weight is 287 g/mol. The zero-order chi connectivity index (χ0) is 13.9. The van der Waals surface area contributed by atoms with Crippen molar-refractivity contribution in [1.82, 2.24) is 9.97 Å². The van der Waals surface area contributed by atoms with Gasteiger partial charge >= 0.3 is 5.97 Å². The molecule has 0 radical (unpaired) electrons. The van der Waals surface area contributed by atoms with Crippen LogP contribution in [-0.2, 0) is 11.2 Å². The van der Waals surface area contributed by atoms with E-state index in [0.29, 0.717) is 18.0 Å². The van der Waals surface area contributed by atoms with E-state index in [1.54, 1.807) is 23.5 Å². The van der Waals surface area contributed by atoms with Gasteiger partial charge in [0.25, 0.3) is 0 Å². The Labute approximate surface area is 120 Å². The van der Waals surface area contributed by atoms with Gasteiger partial charge in [0.15, 0.2) is 0 Å². The number of carbonyl (C=O) groups excluding carboxylic acids is 1. The van der Waals surface area contributed by atoms with Gasteiger partial charge in [0, 0.05) is 10.8 Å². The van der Waals surface area contributed by atoms with Crippen molar-refractivity contribution in [3.63, 3.8) is 0 Å². The maximum Gasteiger partial charge on any atom is 0.354 e. The Balaban J connectivity index is 1.63. The minimum absolute atomic E-state index is 0.194. The molecule has 3 rings (SSSR count). The predicted molar refractivity (Wildman–Crippen MR) is 73.6 cm³/mol. The molecule has 102 valence electrons. The molecule has 0 amide bonds. The number of rotatable bonds is 3. The summed E-state index contributed by atoms with van der Waals surface area (Å²) in [4.78, 5) is 20.3. The van der Waals surface area contributed by atoms with Crippen LogP contribution in [0.4, 0.5) is 0 Å². The number of fused-ring (bicyclic) bond motifs is 1. The van der Waals surface area contributed by atoms with Crippen molar-refractivity contribution in [3.8, 4) is 6.07 Å². The molecule has 2 heterocycles. The van der Waals surface area contributed by atoms with Gasteiger partial charge in [0.2, 0.25) is 0 Å². The highest BCUT2D eigenvalue weighted by Gasteiger charge is 2.24. The molecule has 5 nitrogen and oxygen atoms in total. The summed E-state index contributed by atoms with van der Waals surface area (Å²) in [6.45, 7) is 0.344. The number of ether oxygens (including phenoxy) is 1. The van der Waals surface area contributed by atoms with Crippen molar-refractivity contribution in [3.05, 3.63) is 39.6 Å². The molecule has 0 aromatic carbocycles. The molecule has 0 bridgehead atoms. The van der Waals surface area contributed by atoms with E-state index in [1.807, 2.05) is 11.6 Å². The Kier molecular flexibility index (Phi) is 3.52. The zero-order valence-electron chi connectivity index (χ0n) is 10.8. The second-order valence-corrected chi connectivity index (χ2v) is 5.69. The summed E-state index contributed by atoms with van der Waals surface area (Å²) in [7, 11) is 0. The molecule has 1 atom stereocenters. The van der Waals surface area contributed by atoms with Crippen molar-refractivity contribution in [2.75, 3.05) is 6.61 Å². The molecule has 0 aliphatic heterocycles. The number of hydrogen-bond donors (Lipinski definition) is 1. The highest BCUT2D eigenvalue weighted by Crippen LogP contribution is 2.33. The van der Waals surface area contributed by atoms with Crippen LogP contribution in [0, 0.1) is 11.3 Å². The Morgan fingerprint density at radius 1 is 1.60 bits per heavy atom. The van der Waals surface area contributed by atoms with Gasteiger partial charge in [-0.1, -0.05) is 0 Å². The van der Waals surface area contributed by atoms with E-state index in [0.717, 1.165) is 25.0 Å². The van der Waals surface area contributed by atoms with Crippen LogP contribution in [0.25, 0.3) is 0 Å². The molecule has 20 heavy (non-hydrogen) atoms. The lowest BCUT2D eigenvalue weighted by atomic mass is 9.92. The van der Waals surface area contributed by atoms with Gasteiger partial charge in [0.05, 0.1) is 11.2 Å². The molecule has 2 aromatic rings. The van der Waals surface area contributed by atoms with Crippen molar-refractivity contribution in [1.29, 1.82) is 5.26 Å². The van der Waals surface area contributed by atoms with Crippen molar-refractivity contribution >= 4 is 17.3 Å². The van der Waals surface area contributed by atoms with Gasteiger partial charge in [-0.15, -0.1) is 11.3 Å². The smallest absolute Gasteiger partial charge is 0.354 e. The summed E-state index contributed by atoms with van der Waals surface area (Å²) in [5, 5.41) is 8.71. The molecule has 0 saturated heterocycles. The third-order valence-electron chi connectivity index (χ3n) is 3.46. The predicted octanol–water partition coefficient (Wildman–Crippen LogP) is 2.62. The van der Waals surface area contributed by atoms with Crippen LogP contribution in [0.1, 0.15) is 45.5 Å². The number of aryl methyl sites for hydroxylation is 1. The quantitative estimate of drug-likeness (QED) is 0.880. The first kappa shape index (κ1) is 12.9. The van der Waals surface area contributed by atoms with Gasteiger partial charge in [-0.05, 0) is 31.4 Å². The van der Waals surface area contributed by atoms with E-state index in [4.69, 9.17) is 10.00 Å². The fourth-order valence-electron chi connectivity index (χ4n) is 2.44. The first-order valence-electron chi connectivity index (χ1n) is 6.46. The molecule has 6 heteroatoms. The summed E-state index contributed by atoms with van der Waals surface area (Å²) in [6, 6.07) is 5.08. The zero-order valence-corrected chi connectivity index (χ0v) is 11.6. The van der Waals surface area contributed by atoms with Gasteiger partial charge < -0.3 is 9.72 Å². The maximum atomic E-state index is 11.9. The number of esters is 1. The van der Waals surface area contributed by atoms with Gasteiger partial charge in [0.1, 0.15) is 24.1 Å². The lowest BCUT2D eigenvalue weighted by molar-refractivity contribution is 0.0464. The molecule has 1 unspecified atom stereocenters. The minimum Gasteiger partial charge on any atom is -0.460 e. The molecule has 1 aliphatic rings. The topological polar surface area (TPSA) is 78.8 Å². The number of nitriles is 1. The van der Waals surface area contributed by atoms with Gasteiger partial charge in [-0.25, -0.2) is 9.78 Å². The average Bonchev–Trinajstić information content (AvgIpc) is 3.13. The number of carbonyl (C=O) groups is 1. The van der Waals surface area contributed by atoms with Crippen LogP contribution in [0.2, 0.25) is 0 Å². The van der Waals surface area contributed by atoms with E-state index in [-0.39, 0.29) is 5.92 Å². The summed E-state index contributed by atoms with van der Waals surface area (Å²) in [5.41, 5.74) is 3.61. The van der Waals surface area contributed by atoms with E-state index in [2.05, 4.69) is 9.97 Å². The Hall–Kier alpha value is -2.13. The SMILES string of the molecule is N#Cc1ccc(C(=O)OCC2CCCc3scnc32)[nH]1. The van der Waals surface area contributed by atoms with E-state index in [9.17, 15) is 4.79 Å². The van der Waals surface area contributed by atoms with Gasteiger partial charge in [-0.2, -0.15) is 5.26 Å². The Bertz CT molecular complexity index is 668.